The first-order valence-corrected chi connectivity index (χ1v) is 6.74. The van der Waals surface area contributed by atoms with Crippen molar-refractivity contribution in [1.82, 2.24) is 5.32 Å². The van der Waals surface area contributed by atoms with Crippen LogP contribution in [0.5, 0.6) is 17.2 Å². The minimum atomic E-state index is 0.573. The highest BCUT2D eigenvalue weighted by Gasteiger charge is 2.19. The van der Waals surface area contributed by atoms with Gasteiger partial charge in [-0.2, -0.15) is 0 Å². The van der Waals surface area contributed by atoms with Crippen molar-refractivity contribution in [2.45, 2.75) is 18.9 Å². The summed E-state index contributed by atoms with van der Waals surface area (Å²) in [4.78, 5) is 0. The molecule has 4 heteroatoms. The molecule has 1 aliphatic carbocycles. The Hall–Kier alpha value is -1.68. The van der Waals surface area contributed by atoms with E-state index in [0.717, 1.165) is 29.6 Å². The number of benzene rings is 1. The van der Waals surface area contributed by atoms with E-state index in [4.69, 9.17) is 14.2 Å². The second-order valence-corrected chi connectivity index (χ2v) is 4.83. The Morgan fingerprint density at radius 2 is 2.16 bits per heavy atom. The quantitative estimate of drug-likeness (QED) is 0.882. The Kier molecular flexibility index (Phi) is 3.60. The highest BCUT2D eigenvalue weighted by molar-refractivity contribution is 5.62. The lowest BCUT2D eigenvalue weighted by Crippen LogP contribution is -2.16. The third-order valence-corrected chi connectivity index (χ3v) is 3.26. The average molecular weight is 261 g/mol. The van der Waals surface area contributed by atoms with Crippen LogP contribution in [0.2, 0.25) is 0 Å². The normalized spacial score (nSPS) is 17.7. The van der Waals surface area contributed by atoms with Gasteiger partial charge in [-0.05, 0) is 30.5 Å². The van der Waals surface area contributed by atoms with Gasteiger partial charge in [0.05, 0.1) is 7.11 Å². The molecule has 1 aromatic rings. The smallest absolute Gasteiger partial charge is 0.203 e. The van der Waals surface area contributed by atoms with Crippen LogP contribution in [0.1, 0.15) is 18.4 Å². The van der Waals surface area contributed by atoms with Crippen molar-refractivity contribution in [3.63, 3.8) is 0 Å². The summed E-state index contributed by atoms with van der Waals surface area (Å²) in [7, 11) is 1.65. The highest BCUT2D eigenvalue weighted by Crippen LogP contribution is 2.40. The Bertz CT molecular complexity index is 463. The van der Waals surface area contributed by atoms with Gasteiger partial charge in [0, 0.05) is 12.6 Å². The maximum Gasteiger partial charge on any atom is 0.203 e. The summed E-state index contributed by atoms with van der Waals surface area (Å²) < 4.78 is 16.5. The molecule has 0 spiro atoms. The molecule has 0 unspecified atom stereocenters. The second-order valence-electron chi connectivity index (χ2n) is 4.83. The van der Waals surface area contributed by atoms with Gasteiger partial charge in [-0.1, -0.05) is 12.2 Å². The van der Waals surface area contributed by atoms with Crippen LogP contribution in [-0.4, -0.2) is 32.9 Å². The summed E-state index contributed by atoms with van der Waals surface area (Å²) in [6.07, 6.45) is 6.83. The first-order chi connectivity index (χ1) is 9.36. The fraction of sp³-hybridized carbons (Fsp3) is 0.467. The predicted octanol–water partition coefficient (Wildman–Crippen LogP) is 2.23. The Morgan fingerprint density at radius 1 is 1.32 bits per heavy atom. The monoisotopic (exact) mass is 261 g/mol. The first-order valence-electron chi connectivity index (χ1n) is 6.74. The van der Waals surface area contributed by atoms with E-state index >= 15 is 0 Å². The zero-order valence-electron chi connectivity index (χ0n) is 11.1. The second kappa shape index (κ2) is 5.53. The van der Waals surface area contributed by atoms with E-state index in [-0.39, 0.29) is 0 Å². The SMILES string of the molecule is COc1cc(C=CCNC2CC2)cc2c1OCCO2. The molecule has 0 amide bonds. The maximum absolute atomic E-state index is 5.61. The summed E-state index contributed by atoms with van der Waals surface area (Å²) in [6.45, 7) is 2.07. The Morgan fingerprint density at radius 3 is 2.95 bits per heavy atom. The summed E-state index contributed by atoms with van der Waals surface area (Å²) in [5, 5.41) is 3.44. The van der Waals surface area contributed by atoms with Gasteiger partial charge < -0.3 is 19.5 Å². The summed E-state index contributed by atoms with van der Waals surface area (Å²) in [6, 6.07) is 4.70. The molecular formula is C15H19NO3. The molecule has 0 bridgehead atoms. The Labute approximate surface area is 113 Å². The fourth-order valence-electron chi connectivity index (χ4n) is 2.11. The van der Waals surface area contributed by atoms with Crippen molar-refractivity contribution in [3.05, 3.63) is 23.8 Å². The maximum atomic E-state index is 5.61. The molecule has 0 radical (unpaired) electrons. The highest BCUT2D eigenvalue weighted by atomic mass is 16.6. The molecule has 1 aromatic carbocycles. The van der Waals surface area contributed by atoms with Gasteiger partial charge >= 0.3 is 0 Å². The largest absolute Gasteiger partial charge is 0.493 e. The van der Waals surface area contributed by atoms with Gasteiger partial charge in [0.15, 0.2) is 11.5 Å². The van der Waals surface area contributed by atoms with Crippen molar-refractivity contribution in [2.75, 3.05) is 26.9 Å². The van der Waals surface area contributed by atoms with Crippen LogP contribution in [0.15, 0.2) is 18.2 Å². The summed E-state index contributed by atoms with van der Waals surface area (Å²) in [5.74, 6) is 2.20. The van der Waals surface area contributed by atoms with Crippen LogP contribution in [0.25, 0.3) is 6.08 Å². The van der Waals surface area contributed by atoms with Gasteiger partial charge in [-0.15, -0.1) is 0 Å². The summed E-state index contributed by atoms with van der Waals surface area (Å²) in [5.41, 5.74) is 1.07. The first kappa shape index (κ1) is 12.4. The molecule has 0 aromatic heterocycles. The zero-order chi connectivity index (χ0) is 13.1. The van der Waals surface area contributed by atoms with Gasteiger partial charge in [0.2, 0.25) is 5.75 Å². The molecule has 1 aliphatic heterocycles. The van der Waals surface area contributed by atoms with E-state index in [9.17, 15) is 0 Å². The van der Waals surface area contributed by atoms with Crippen LogP contribution < -0.4 is 19.5 Å². The van der Waals surface area contributed by atoms with Crippen molar-refractivity contribution in [1.29, 1.82) is 0 Å². The molecule has 1 N–H and O–H groups in total. The number of hydrogen-bond donors (Lipinski definition) is 1. The van der Waals surface area contributed by atoms with E-state index in [1.165, 1.54) is 12.8 Å². The molecule has 0 atom stereocenters. The van der Waals surface area contributed by atoms with Gasteiger partial charge in [0.25, 0.3) is 0 Å². The Balaban J connectivity index is 1.73. The van der Waals surface area contributed by atoms with E-state index < -0.39 is 0 Å². The molecule has 3 rings (SSSR count). The molecule has 1 saturated carbocycles. The molecule has 1 heterocycles. The average Bonchev–Trinajstić information content (AvgIpc) is 3.27. The van der Waals surface area contributed by atoms with Gasteiger partial charge in [0.1, 0.15) is 13.2 Å². The number of nitrogens with one attached hydrogen (secondary N) is 1. The molecule has 19 heavy (non-hydrogen) atoms. The van der Waals surface area contributed by atoms with Gasteiger partial charge in [-0.3, -0.25) is 0 Å². The standard InChI is InChI=1S/C15H19NO3/c1-17-13-9-11(3-2-6-16-12-4-5-12)10-14-15(13)19-8-7-18-14/h2-3,9-10,12,16H,4-8H2,1H3. The number of ether oxygens (including phenoxy) is 3. The lowest BCUT2D eigenvalue weighted by molar-refractivity contribution is 0.165. The minimum absolute atomic E-state index is 0.573. The lowest BCUT2D eigenvalue weighted by atomic mass is 10.1. The van der Waals surface area contributed by atoms with Crippen molar-refractivity contribution < 1.29 is 14.2 Å². The molecule has 1 fully saturated rings. The number of hydrogen-bond acceptors (Lipinski definition) is 4. The van der Waals surface area contributed by atoms with Gasteiger partial charge in [-0.25, -0.2) is 0 Å². The molecular weight excluding hydrogens is 242 g/mol. The number of methoxy groups -OCH3 is 1. The third kappa shape index (κ3) is 3.01. The zero-order valence-corrected chi connectivity index (χ0v) is 11.1. The minimum Gasteiger partial charge on any atom is -0.493 e. The van der Waals surface area contributed by atoms with E-state index in [1.54, 1.807) is 7.11 Å². The van der Waals surface area contributed by atoms with Crippen LogP contribution in [0.4, 0.5) is 0 Å². The van der Waals surface area contributed by atoms with Crippen LogP contribution >= 0.6 is 0 Å². The fourth-order valence-corrected chi connectivity index (χ4v) is 2.11. The van der Waals surface area contributed by atoms with Crippen LogP contribution in [-0.2, 0) is 0 Å². The van der Waals surface area contributed by atoms with Crippen LogP contribution in [0, 0.1) is 0 Å². The lowest BCUT2D eigenvalue weighted by Gasteiger charge is -2.20. The van der Waals surface area contributed by atoms with Crippen molar-refractivity contribution in [3.8, 4) is 17.2 Å². The number of rotatable bonds is 5. The molecule has 0 saturated heterocycles. The topological polar surface area (TPSA) is 39.7 Å². The number of fused-ring (bicyclic) bond motifs is 1. The van der Waals surface area contributed by atoms with Crippen molar-refractivity contribution >= 4 is 6.08 Å². The van der Waals surface area contributed by atoms with E-state index in [0.29, 0.717) is 19.0 Å². The summed E-state index contributed by atoms with van der Waals surface area (Å²) >= 11 is 0. The molecule has 102 valence electrons. The predicted molar refractivity (Wildman–Crippen MR) is 74.0 cm³/mol. The van der Waals surface area contributed by atoms with Crippen LogP contribution in [0.3, 0.4) is 0 Å². The molecule has 2 aliphatic rings. The van der Waals surface area contributed by atoms with E-state index in [2.05, 4.69) is 17.5 Å². The van der Waals surface area contributed by atoms with E-state index in [1.807, 2.05) is 12.1 Å². The van der Waals surface area contributed by atoms with Crippen molar-refractivity contribution in [2.24, 2.45) is 0 Å². The molecule has 4 nitrogen and oxygen atoms in total. The third-order valence-electron chi connectivity index (χ3n) is 3.26.